The van der Waals surface area contributed by atoms with Crippen molar-refractivity contribution in [2.75, 3.05) is 0 Å². The smallest absolute Gasteiger partial charge is 0.334 e. The number of ether oxygens (including phenoxy) is 2. The van der Waals surface area contributed by atoms with Crippen molar-refractivity contribution in [3.05, 3.63) is 24.3 Å². The predicted octanol–water partition coefficient (Wildman–Crippen LogP) is 0.724. The lowest BCUT2D eigenvalue weighted by Gasteiger charge is -2.33. The van der Waals surface area contributed by atoms with Gasteiger partial charge in [-0.1, -0.05) is 13.2 Å². The summed E-state index contributed by atoms with van der Waals surface area (Å²) in [7, 11) is 0. The third-order valence-corrected chi connectivity index (χ3v) is 5.51. The van der Waals surface area contributed by atoms with Crippen LogP contribution in [0.4, 0.5) is 0 Å². The van der Waals surface area contributed by atoms with Gasteiger partial charge in [0.1, 0.15) is 12.2 Å². The maximum absolute atomic E-state index is 12.0. The Morgan fingerprint density at radius 2 is 2.04 bits per heavy atom. The summed E-state index contributed by atoms with van der Waals surface area (Å²) >= 11 is 0. The number of esters is 2. The number of hydrogen-bond donors (Lipinski definition) is 2. The van der Waals surface area contributed by atoms with Crippen LogP contribution in [0.1, 0.15) is 26.7 Å². The molecule has 3 fully saturated rings. The third-order valence-electron chi connectivity index (χ3n) is 5.51. The van der Waals surface area contributed by atoms with Crippen LogP contribution >= 0.6 is 0 Å². The van der Waals surface area contributed by atoms with E-state index < -0.39 is 41.8 Å². The van der Waals surface area contributed by atoms with Crippen LogP contribution in [0.5, 0.6) is 0 Å². The second-order valence-electron chi connectivity index (χ2n) is 7.09. The van der Waals surface area contributed by atoms with Crippen LogP contribution in [-0.2, 0) is 19.1 Å². The SMILES string of the molecule is C=C1C(=O)OC2C1C(OC(C)=O)CC(C)(O)C1CC(O)C(=C)C21. The number of aliphatic hydroxyl groups excluding tert-OH is 1. The summed E-state index contributed by atoms with van der Waals surface area (Å²) in [4.78, 5) is 23.5. The Hall–Kier alpha value is -1.66. The first-order chi connectivity index (χ1) is 10.6. The van der Waals surface area contributed by atoms with Crippen molar-refractivity contribution >= 4 is 11.9 Å². The molecular weight excluding hydrogens is 300 g/mol. The molecular formula is C17H22O6. The number of aliphatic hydroxyl groups is 2. The van der Waals surface area contributed by atoms with Gasteiger partial charge < -0.3 is 19.7 Å². The summed E-state index contributed by atoms with van der Waals surface area (Å²) in [6.45, 7) is 10.7. The summed E-state index contributed by atoms with van der Waals surface area (Å²) in [5.74, 6) is -2.24. The Labute approximate surface area is 134 Å². The molecule has 0 amide bonds. The minimum Gasteiger partial charge on any atom is -0.462 e. The van der Waals surface area contributed by atoms with Crippen molar-refractivity contribution in [1.82, 2.24) is 0 Å². The first-order valence-corrected chi connectivity index (χ1v) is 7.79. The fourth-order valence-corrected chi connectivity index (χ4v) is 4.45. The van der Waals surface area contributed by atoms with Crippen molar-refractivity contribution in [2.24, 2.45) is 17.8 Å². The normalized spacial score (nSPS) is 46.0. The lowest BCUT2D eigenvalue weighted by molar-refractivity contribution is -0.152. The van der Waals surface area contributed by atoms with E-state index in [2.05, 4.69) is 13.2 Å². The van der Waals surface area contributed by atoms with E-state index in [1.165, 1.54) is 6.92 Å². The molecule has 23 heavy (non-hydrogen) atoms. The van der Waals surface area contributed by atoms with Crippen molar-refractivity contribution in [1.29, 1.82) is 0 Å². The first-order valence-electron chi connectivity index (χ1n) is 7.79. The molecule has 126 valence electrons. The highest BCUT2D eigenvalue weighted by Gasteiger charge is 2.60. The van der Waals surface area contributed by atoms with Crippen LogP contribution in [0.25, 0.3) is 0 Å². The molecule has 0 aromatic heterocycles. The Kier molecular flexibility index (Phi) is 3.65. The van der Waals surface area contributed by atoms with Gasteiger partial charge in [-0.15, -0.1) is 0 Å². The lowest BCUT2D eigenvalue weighted by Crippen LogP contribution is -2.40. The van der Waals surface area contributed by atoms with Crippen molar-refractivity contribution < 1.29 is 29.3 Å². The molecule has 1 aliphatic heterocycles. The number of hydrogen-bond acceptors (Lipinski definition) is 6. The van der Waals surface area contributed by atoms with Crippen LogP contribution in [0.15, 0.2) is 24.3 Å². The van der Waals surface area contributed by atoms with E-state index in [1.807, 2.05) is 0 Å². The van der Waals surface area contributed by atoms with E-state index in [9.17, 15) is 19.8 Å². The highest BCUT2D eigenvalue weighted by atomic mass is 16.6. The van der Waals surface area contributed by atoms with E-state index in [-0.39, 0.29) is 23.8 Å². The van der Waals surface area contributed by atoms with Crippen LogP contribution < -0.4 is 0 Å². The van der Waals surface area contributed by atoms with Crippen LogP contribution in [0, 0.1) is 17.8 Å². The summed E-state index contributed by atoms with van der Waals surface area (Å²) in [6, 6.07) is 0. The topological polar surface area (TPSA) is 93.1 Å². The van der Waals surface area contributed by atoms with Gasteiger partial charge in [0.2, 0.25) is 0 Å². The first kappa shape index (κ1) is 16.2. The number of carbonyl (C=O) groups is 2. The van der Waals surface area contributed by atoms with E-state index >= 15 is 0 Å². The van der Waals surface area contributed by atoms with E-state index in [0.717, 1.165) is 0 Å². The van der Waals surface area contributed by atoms with Crippen molar-refractivity contribution in [3.63, 3.8) is 0 Å². The predicted molar refractivity (Wildman–Crippen MR) is 80.0 cm³/mol. The monoisotopic (exact) mass is 322 g/mol. The summed E-state index contributed by atoms with van der Waals surface area (Å²) in [5, 5.41) is 21.1. The molecule has 0 radical (unpaired) electrons. The van der Waals surface area contributed by atoms with Gasteiger partial charge >= 0.3 is 11.9 Å². The average Bonchev–Trinajstić information content (AvgIpc) is 2.84. The van der Waals surface area contributed by atoms with Gasteiger partial charge in [0.05, 0.1) is 17.6 Å². The quantitative estimate of drug-likeness (QED) is 0.420. The number of carbonyl (C=O) groups excluding carboxylic acids is 2. The Balaban J connectivity index is 2.07. The van der Waals surface area contributed by atoms with Gasteiger partial charge in [-0.2, -0.15) is 0 Å². The second-order valence-corrected chi connectivity index (χ2v) is 7.09. The largest absolute Gasteiger partial charge is 0.462 e. The summed E-state index contributed by atoms with van der Waals surface area (Å²) < 4.78 is 10.9. The molecule has 1 saturated heterocycles. The zero-order valence-electron chi connectivity index (χ0n) is 13.3. The molecule has 7 unspecified atom stereocenters. The fourth-order valence-electron chi connectivity index (χ4n) is 4.45. The van der Waals surface area contributed by atoms with Crippen LogP contribution in [0.3, 0.4) is 0 Å². The third kappa shape index (κ3) is 2.40. The number of rotatable bonds is 1. The van der Waals surface area contributed by atoms with Crippen LogP contribution in [-0.4, -0.2) is 46.1 Å². The van der Waals surface area contributed by atoms with E-state index in [0.29, 0.717) is 12.0 Å². The van der Waals surface area contributed by atoms with Gasteiger partial charge in [-0.05, 0) is 18.9 Å². The lowest BCUT2D eigenvalue weighted by atomic mass is 9.78. The van der Waals surface area contributed by atoms with Gasteiger partial charge in [0.25, 0.3) is 0 Å². The van der Waals surface area contributed by atoms with E-state index in [4.69, 9.17) is 9.47 Å². The van der Waals surface area contributed by atoms with Gasteiger partial charge in [-0.25, -0.2) is 4.79 Å². The molecule has 7 atom stereocenters. The maximum Gasteiger partial charge on any atom is 0.334 e. The zero-order chi connectivity index (χ0) is 17.1. The molecule has 2 saturated carbocycles. The Morgan fingerprint density at radius 3 is 2.65 bits per heavy atom. The van der Waals surface area contributed by atoms with Gasteiger partial charge in [-0.3, -0.25) is 4.79 Å². The zero-order valence-corrected chi connectivity index (χ0v) is 13.3. The molecule has 2 N–H and O–H groups in total. The molecule has 0 aromatic rings. The Bertz CT molecular complexity index is 592. The molecule has 3 rings (SSSR count). The molecule has 6 nitrogen and oxygen atoms in total. The number of fused-ring (bicyclic) bond motifs is 3. The van der Waals surface area contributed by atoms with E-state index in [1.54, 1.807) is 6.92 Å². The molecule has 6 heteroatoms. The average molecular weight is 322 g/mol. The minimum atomic E-state index is -1.18. The minimum absolute atomic E-state index is 0.157. The maximum atomic E-state index is 12.0. The molecule has 1 heterocycles. The molecule has 0 bridgehead atoms. The highest BCUT2D eigenvalue weighted by Crippen LogP contribution is 2.54. The van der Waals surface area contributed by atoms with Gasteiger partial charge in [0.15, 0.2) is 0 Å². The summed E-state index contributed by atoms with van der Waals surface area (Å²) in [5.41, 5.74) is -0.384. The standard InChI is InChI=1S/C17H22O6/c1-7-11(19)5-10-13(7)15-14(8(2)16(20)23-15)12(22-9(3)18)6-17(10,4)21/h10-15,19,21H,1-2,5-6H2,3-4H3. The second kappa shape index (κ2) is 5.18. The van der Waals surface area contributed by atoms with Crippen molar-refractivity contribution in [3.8, 4) is 0 Å². The molecule has 2 aliphatic carbocycles. The highest BCUT2D eigenvalue weighted by molar-refractivity contribution is 5.91. The molecule has 0 spiro atoms. The Morgan fingerprint density at radius 1 is 1.39 bits per heavy atom. The molecule has 0 aromatic carbocycles. The fraction of sp³-hybridized carbons (Fsp3) is 0.647. The van der Waals surface area contributed by atoms with Gasteiger partial charge in [0, 0.05) is 30.8 Å². The molecule has 3 aliphatic rings. The van der Waals surface area contributed by atoms with Crippen LogP contribution in [0.2, 0.25) is 0 Å². The van der Waals surface area contributed by atoms with Crippen molar-refractivity contribution in [2.45, 2.75) is 50.6 Å². The summed E-state index contributed by atoms with van der Waals surface area (Å²) in [6.07, 6.45) is -1.55.